The van der Waals surface area contributed by atoms with Gasteiger partial charge in [0.2, 0.25) is 0 Å². The van der Waals surface area contributed by atoms with Crippen LogP contribution in [0.25, 0.3) is 0 Å². The van der Waals surface area contributed by atoms with Crippen LogP contribution in [0.1, 0.15) is 71.9 Å². The first-order valence-electron chi connectivity index (χ1n) is 17.7. The Bertz CT molecular complexity index is 1800. The lowest BCUT2D eigenvalue weighted by atomic mass is 9.80. The Morgan fingerprint density at radius 3 is 2.06 bits per heavy atom. The Hall–Kier alpha value is -4.76. The van der Waals surface area contributed by atoms with Gasteiger partial charge in [0.25, 0.3) is 0 Å². The van der Waals surface area contributed by atoms with Crippen LogP contribution < -0.4 is 15.1 Å². The Kier molecular flexibility index (Phi) is 9.78. The molecule has 0 spiro atoms. The van der Waals surface area contributed by atoms with Crippen molar-refractivity contribution in [1.82, 2.24) is 0 Å². The predicted molar refractivity (Wildman–Crippen MR) is 207 cm³/mol. The molecule has 48 heavy (non-hydrogen) atoms. The van der Waals surface area contributed by atoms with E-state index in [2.05, 4.69) is 190 Å². The molecule has 0 aromatic heterocycles. The standard InChI is InChI=1S/C45H51N3/c1-7-46-40-27-17-15-25-38(40)44(3,4)33-19-20-34-29-30-35(31-32-42-45(5,6)39-26-16-18-28-41(39)47(42)8-2)43(34)48(36-21-11-9-12-22-36)37-23-13-10-14-24-37/h9-28,31-32,46H,7-8,29-30,33H2,1-6H3/b20-19+,35-31+,42-32+. The van der Waals surface area contributed by atoms with E-state index in [4.69, 9.17) is 0 Å². The molecule has 3 heteroatoms. The van der Waals surface area contributed by atoms with Gasteiger partial charge in [-0.1, -0.05) is 119 Å². The van der Waals surface area contributed by atoms with Gasteiger partial charge in [0.1, 0.15) is 0 Å². The molecule has 1 aliphatic carbocycles. The van der Waals surface area contributed by atoms with Crippen LogP contribution in [0.5, 0.6) is 0 Å². The highest BCUT2D eigenvalue weighted by atomic mass is 15.2. The van der Waals surface area contributed by atoms with Crippen LogP contribution in [-0.2, 0) is 10.8 Å². The number of likely N-dealkylation sites (N-methyl/N-ethyl adjacent to an activating group) is 1. The minimum absolute atomic E-state index is 0.0110. The van der Waals surface area contributed by atoms with E-state index in [0.717, 1.165) is 32.4 Å². The molecule has 0 amide bonds. The van der Waals surface area contributed by atoms with Crippen molar-refractivity contribution in [3.63, 3.8) is 0 Å². The summed E-state index contributed by atoms with van der Waals surface area (Å²) in [4.78, 5) is 4.96. The lowest BCUT2D eigenvalue weighted by molar-refractivity contribution is 0.535. The second-order valence-corrected chi connectivity index (χ2v) is 14.1. The summed E-state index contributed by atoms with van der Waals surface area (Å²) in [6, 6.07) is 39.3. The third-order valence-electron chi connectivity index (χ3n) is 10.1. The SMILES string of the molecule is CCNc1ccccc1C(C)(C)C/C=C/C1=C(N(c2ccccc2)c2ccccc2)C(=C/C=C2/N(CC)c3ccccc3C2(C)C)/CC1. The number of hydrogen-bond acceptors (Lipinski definition) is 3. The zero-order chi connectivity index (χ0) is 33.7. The number of nitrogens with zero attached hydrogens (tertiary/aromatic N) is 2. The van der Waals surface area contributed by atoms with Gasteiger partial charge in [0, 0.05) is 47.0 Å². The number of allylic oxidation sites excluding steroid dienone is 7. The minimum Gasteiger partial charge on any atom is -0.385 e. The summed E-state index contributed by atoms with van der Waals surface area (Å²) in [5.41, 5.74) is 13.0. The van der Waals surface area contributed by atoms with Crippen LogP contribution in [0.2, 0.25) is 0 Å². The van der Waals surface area contributed by atoms with Gasteiger partial charge in [-0.15, -0.1) is 0 Å². The zero-order valence-corrected chi connectivity index (χ0v) is 29.6. The van der Waals surface area contributed by atoms with Gasteiger partial charge in [0.05, 0.1) is 5.70 Å². The average Bonchev–Trinajstić information content (AvgIpc) is 3.59. The van der Waals surface area contributed by atoms with E-state index < -0.39 is 0 Å². The first-order valence-corrected chi connectivity index (χ1v) is 17.7. The summed E-state index contributed by atoms with van der Waals surface area (Å²) in [5, 5.41) is 3.58. The molecule has 0 saturated carbocycles. The van der Waals surface area contributed by atoms with Gasteiger partial charge < -0.3 is 15.1 Å². The van der Waals surface area contributed by atoms with E-state index in [1.807, 2.05) is 0 Å². The highest BCUT2D eigenvalue weighted by Gasteiger charge is 2.39. The van der Waals surface area contributed by atoms with Crippen molar-refractivity contribution in [3.05, 3.63) is 167 Å². The van der Waals surface area contributed by atoms with Crippen molar-refractivity contribution in [2.75, 3.05) is 28.2 Å². The summed E-state index contributed by atoms with van der Waals surface area (Å²) in [7, 11) is 0. The average molecular weight is 634 g/mol. The second kappa shape index (κ2) is 14.2. The molecule has 6 rings (SSSR count). The summed E-state index contributed by atoms with van der Waals surface area (Å²) in [6.45, 7) is 15.7. The number of fused-ring (bicyclic) bond motifs is 1. The van der Waals surface area contributed by atoms with Crippen molar-refractivity contribution in [2.24, 2.45) is 0 Å². The summed E-state index contributed by atoms with van der Waals surface area (Å²) in [5.74, 6) is 0. The molecule has 1 aliphatic heterocycles. The van der Waals surface area contributed by atoms with Crippen LogP contribution in [0, 0.1) is 0 Å². The maximum Gasteiger partial charge on any atom is 0.0525 e. The Balaban J connectivity index is 1.44. The van der Waals surface area contributed by atoms with Crippen molar-refractivity contribution < 1.29 is 0 Å². The quantitative estimate of drug-likeness (QED) is 0.177. The van der Waals surface area contributed by atoms with Gasteiger partial charge in [-0.3, -0.25) is 0 Å². The molecule has 4 aromatic carbocycles. The van der Waals surface area contributed by atoms with Crippen LogP contribution in [0.4, 0.5) is 22.7 Å². The first kappa shape index (κ1) is 33.2. The van der Waals surface area contributed by atoms with E-state index in [1.165, 1.54) is 56.4 Å². The molecule has 2 aliphatic rings. The fourth-order valence-electron chi connectivity index (χ4n) is 7.57. The van der Waals surface area contributed by atoms with E-state index in [-0.39, 0.29) is 10.8 Å². The Morgan fingerprint density at radius 1 is 0.771 bits per heavy atom. The fourth-order valence-corrected chi connectivity index (χ4v) is 7.57. The van der Waals surface area contributed by atoms with Crippen molar-refractivity contribution in [2.45, 2.75) is 71.6 Å². The van der Waals surface area contributed by atoms with Crippen molar-refractivity contribution in [1.29, 1.82) is 0 Å². The Morgan fingerprint density at radius 2 is 1.40 bits per heavy atom. The first-order chi connectivity index (χ1) is 23.3. The van der Waals surface area contributed by atoms with E-state index in [1.54, 1.807) is 0 Å². The lowest BCUT2D eigenvalue weighted by Gasteiger charge is -2.29. The highest BCUT2D eigenvalue weighted by Crippen LogP contribution is 2.48. The van der Waals surface area contributed by atoms with Crippen molar-refractivity contribution in [3.8, 4) is 0 Å². The largest absolute Gasteiger partial charge is 0.385 e. The van der Waals surface area contributed by atoms with Gasteiger partial charge >= 0.3 is 0 Å². The maximum absolute atomic E-state index is 3.58. The third-order valence-corrected chi connectivity index (χ3v) is 10.1. The van der Waals surface area contributed by atoms with Crippen LogP contribution in [0.3, 0.4) is 0 Å². The number of rotatable bonds is 11. The molecule has 1 N–H and O–H groups in total. The van der Waals surface area contributed by atoms with Crippen LogP contribution in [0.15, 0.2) is 156 Å². The number of nitrogens with one attached hydrogen (secondary N) is 1. The molecule has 0 unspecified atom stereocenters. The molecular formula is C45H51N3. The summed E-state index contributed by atoms with van der Waals surface area (Å²) >= 11 is 0. The zero-order valence-electron chi connectivity index (χ0n) is 29.6. The molecule has 0 saturated heterocycles. The van der Waals surface area contributed by atoms with Gasteiger partial charge in [-0.05, 0) is 103 Å². The molecule has 0 bridgehead atoms. The third kappa shape index (κ3) is 6.52. The molecule has 0 atom stereocenters. The molecule has 3 nitrogen and oxygen atoms in total. The number of benzene rings is 4. The molecule has 0 fully saturated rings. The lowest BCUT2D eigenvalue weighted by Crippen LogP contribution is -2.25. The minimum atomic E-state index is -0.0675. The summed E-state index contributed by atoms with van der Waals surface area (Å²) in [6.07, 6.45) is 12.6. The van der Waals surface area contributed by atoms with Crippen LogP contribution in [-0.4, -0.2) is 13.1 Å². The predicted octanol–water partition coefficient (Wildman–Crippen LogP) is 11.9. The molecular weight excluding hydrogens is 583 g/mol. The smallest absolute Gasteiger partial charge is 0.0525 e. The van der Waals surface area contributed by atoms with Gasteiger partial charge in [-0.2, -0.15) is 0 Å². The molecule has 1 heterocycles. The fraction of sp³-hybridized carbons (Fsp3) is 0.289. The number of anilines is 4. The second-order valence-electron chi connectivity index (χ2n) is 14.1. The normalized spacial score (nSPS) is 17.5. The maximum atomic E-state index is 3.58. The molecule has 4 aromatic rings. The van der Waals surface area contributed by atoms with Crippen molar-refractivity contribution >= 4 is 22.7 Å². The monoisotopic (exact) mass is 633 g/mol. The van der Waals surface area contributed by atoms with E-state index >= 15 is 0 Å². The molecule has 246 valence electrons. The topological polar surface area (TPSA) is 18.5 Å². The van der Waals surface area contributed by atoms with Crippen LogP contribution >= 0.6 is 0 Å². The Labute approximate surface area is 289 Å². The van der Waals surface area contributed by atoms with Gasteiger partial charge in [-0.25, -0.2) is 0 Å². The highest BCUT2D eigenvalue weighted by molar-refractivity contribution is 5.75. The van der Waals surface area contributed by atoms with E-state index in [9.17, 15) is 0 Å². The van der Waals surface area contributed by atoms with E-state index in [0.29, 0.717) is 0 Å². The van der Waals surface area contributed by atoms with Gasteiger partial charge in [0.15, 0.2) is 0 Å². The number of hydrogen-bond donors (Lipinski definition) is 1. The summed E-state index contributed by atoms with van der Waals surface area (Å²) < 4.78 is 0. The number of para-hydroxylation sites is 4. The molecule has 0 radical (unpaired) electrons.